The molecule has 27 heavy (non-hydrogen) atoms. The van der Waals surface area contributed by atoms with Crippen LogP contribution in [-0.2, 0) is 9.47 Å². The molecule has 2 aliphatic rings. The smallest absolute Gasteiger partial charge is 0.324 e. The first kappa shape index (κ1) is 17.9. The van der Waals surface area contributed by atoms with Gasteiger partial charge in [-0.3, -0.25) is 9.88 Å². The molecule has 2 amide bonds. The van der Waals surface area contributed by atoms with Crippen molar-refractivity contribution >= 4 is 23.1 Å². The molecular formula is C17H24N6O4. The molecule has 4 rings (SSSR count). The van der Waals surface area contributed by atoms with Gasteiger partial charge in [0.25, 0.3) is 0 Å². The first-order valence-corrected chi connectivity index (χ1v) is 9.39. The maximum absolute atomic E-state index is 12.5. The molecule has 1 N–H and O–H groups in total. The van der Waals surface area contributed by atoms with Crippen LogP contribution in [0.2, 0.25) is 0 Å². The normalized spacial score (nSPS) is 20.6. The number of imidazole rings is 1. The maximum atomic E-state index is 12.5. The number of nitrogens with one attached hydrogen (secondary N) is 1. The highest BCUT2D eigenvalue weighted by Crippen LogP contribution is 2.29. The summed E-state index contributed by atoms with van der Waals surface area (Å²) in [4.78, 5) is 27.5. The lowest BCUT2D eigenvalue weighted by Crippen LogP contribution is -2.43. The Labute approximate surface area is 156 Å². The van der Waals surface area contributed by atoms with Gasteiger partial charge in [0.2, 0.25) is 11.8 Å². The highest BCUT2D eigenvalue weighted by atomic mass is 16.5. The summed E-state index contributed by atoms with van der Waals surface area (Å²) in [6.07, 6.45) is 4.63. The van der Waals surface area contributed by atoms with Crippen LogP contribution in [0.15, 0.2) is 6.33 Å². The van der Waals surface area contributed by atoms with Gasteiger partial charge in [-0.15, -0.1) is 0 Å². The zero-order chi connectivity index (χ0) is 18.6. The average Bonchev–Trinajstić information content (AvgIpc) is 3.14. The number of hydrogen-bond acceptors (Lipinski definition) is 7. The highest BCUT2D eigenvalue weighted by Gasteiger charge is 2.23. The van der Waals surface area contributed by atoms with Crippen molar-refractivity contribution in [3.05, 3.63) is 6.33 Å². The van der Waals surface area contributed by atoms with Gasteiger partial charge in [-0.25, -0.2) is 9.78 Å². The quantitative estimate of drug-likeness (QED) is 0.867. The standard InChI is InChI=1S/C17H24N6O4/c1-2-26-15-13-14(23(11-18-13)12-5-3-4-8-27-12)19-16(20-15)21-17(24)22-6-9-25-10-7-22/h11-12H,2-10H2,1H3,(H,19,20,21,24). The molecule has 1 atom stereocenters. The number of urea groups is 1. The Morgan fingerprint density at radius 3 is 2.89 bits per heavy atom. The van der Waals surface area contributed by atoms with Gasteiger partial charge >= 0.3 is 6.03 Å². The number of carbonyl (C=O) groups is 1. The second kappa shape index (κ2) is 8.05. The average molecular weight is 376 g/mol. The Balaban J connectivity index is 1.64. The minimum absolute atomic E-state index is 0.115. The minimum Gasteiger partial charge on any atom is -0.476 e. The van der Waals surface area contributed by atoms with Gasteiger partial charge < -0.3 is 19.1 Å². The van der Waals surface area contributed by atoms with Crippen molar-refractivity contribution in [2.45, 2.75) is 32.4 Å². The Bertz CT molecular complexity index is 798. The molecule has 0 radical (unpaired) electrons. The number of carbonyl (C=O) groups excluding carboxylic acids is 1. The lowest BCUT2D eigenvalue weighted by Gasteiger charge is -2.26. The molecule has 1 unspecified atom stereocenters. The number of anilines is 1. The number of amides is 2. The van der Waals surface area contributed by atoms with Gasteiger partial charge in [0, 0.05) is 19.7 Å². The predicted molar refractivity (Wildman–Crippen MR) is 96.7 cm³/mol. The van der Waals surface area contributed by atoms with Gasteiger partial charge in [0.1, 0.15) is 6.23 Å². The molecule has 0 bridgehead atoms. The summed E-state index contributed by atoms with van der Waals surface area (Å²) < 4.78 is 18.7. The summed E-state index contributed by atoms with van der Waals surface area (Å²) in [6.45, 7) is 5.18. The van der Waals surface area contributed by atoms with Gasteiger partial charge in [-0.2, -0.15) is 9.97 Å². The number of aromatic nitrogens is 4. The summed E-state index contributed by atoms with van der Waals surface area (Å²) in [7, 11) is 0. The van der Waals surface area contributed by atoms with Crippen LogP contribution in [0.5, 0.6) is 5.88 Å². The summed E-state index contributed by atoms with van der Waals surface area (Å²) in [5.41, 5.74) is 1.16. The molecular weight excluding hydrogens is 352 g/mol. The summed E-state index contributed by atoms with van der Waals surface area (Å²) >= 11 is 0. The molecule has 0 aromatic carbocycles. The highest BCUT2D eigenvalue weighted by molar-refractivity contribution is 5.89. The third-order valence-electron chi connectivity index (χ3n) is 4.65. The molecule has 2 aliphatic heterocycles. The van der Waals surface area contributed by atoms with Crippen molar-refractivity contribution in [3.8, 4) is 5.88 Å². The van der Waals surface area contributed by atoms with E-state index in [1.165, 1.54) is 0 Å². The van der Waals surface area contributed by atoms with Gasteiger partial charge in [0.05, 0.1) is 26.1 Å². The van der Waals surface area contributed by atoms with Crippen LogP contribution in [0.1, 0.15) is 32.4 Å². The Morgan fingerprint density at radius 2 is 2.15 bits per heavy atom. The summed E-state index contributed by atoms with van der Waals surface area (Å²) in [5.74, 6) is 0.550. The minimum atomic E-state index is -0.250. The number of fused-ring (bicyclic) bond motifs is 1. The predicted octanol–water partition coefficient (Wildman–Crippen LogP) is 1.79. The van der Waals surface area contributed by atoms with Crippen molar-refractivity contribution in [2.75, 3.05) is 44.8 Å². The molecule has 2 fully saturated rings. The number of nitrogens with zero attached hydrogens (tertiary/aromatic N) is 5. The summed E-state index contributed by atoms with van der Waals surface area (Å²) in [6, 6.07) is -0.250. The van der Waals surface area contributed by atoms with Crippen molar-refractivity contribution < 1.29 is 19.0 Å². The van der Waals surface area contributed by atoms with Crippen molar-refractivity contribution in [2.24, 2.45) is 0 Å². The zero-order valence-corrected chi connectivity index (χ0v) is 15.4. The SMILES string of the molecule is CCOc1nc(NC(=O)N2CCOCC2)nc2c1ncn2C1CCCCO1. The van der Waals surface area contributed by atoms with Crippen LogP contribution in [0.4, 0.5) is 10.7 Å². The van der Waals surface area contributed by atoms with Crippen LogP contribution in [0.3, 0.4) is 0 Å². The van der Waals surface area contributed by atoms with Crippen molar-refractivity contribution in [1.29, 1.82) is 0 Å². The van der Waals surface area contributed by atoms with E-state index < -0.39 is 0 Å². The van der Waals surface area contributed by atoms with E-state index in [-0.39, 0.29) is 18.2 Å². The molecule has 2 aromatic rings. The third kappa shape index (κ3) is 3.81. The van der Waals surface area contributed by atoms with Crippen LogP contribution in [-0.4, -0.2) is 70.0 Å². The van der Waals surface area contributed by atoms with Gasteiger partial charge in [-0.05, 0) is 26.2 Å². The Hall–Kier alpha value is -2.46. The summed E-state index contributed by atoms with van der Waals surface area (Å²) in [5, 5.41) is 2.77. The third-order valence-corrected chi connectivity index (χ3v) is 4.65. The van der Waals surface area contributed by atoms with E-state index in [9.17, 15) is 4.79 Å². The van der Waals surface area contributed by atoms with Gasteiger partial charge in [0.15, 0.2) is 11.2 Å². The molecule has 2 saturated heterocycles. The van der Waals surface area contributed by atoms with E-state index in [2.05, 4.69) is 20.3 Å². The number of rotatable bonds is 4. The molecule has 0 spiro atoms. The Morgan fingerprint density at radius 1 is 1.30 bits per heavy atom. The van der Waals surface area contributed by atoms with Crippen LogP contribution in [0, 0.1) is 0 Å². The van der Waals surface area contributed by atoms with Crippen LogP contribution < -0.4 is 10.1 Å². The molecule has 4 heterocycles. The second-order valence-corrected chi connectivity index (χ2v) is 6.46. The number of hydrogen-bond donors (Lipinski definition) is 1. The van der Waals surface area contributed by atoms with Crippen molar-refractivity contribution in [3.63, 3.8) is 0 Å². The largest absolute Gasteiger partial charge is 0.476 e. The lowest BCUT2D eigenvalue weighted by molar-refractivity contribution is -0.0298. The van der Waals surface area contributed by atoms with Crippen LogP contribution in [0.25, 0.3) is 11.2 Å². The fraction of sp³-hybridized carbons (Fsp3) is 0.647. The van der Waals surface area contributed by atoms with E-state index in [4.69, 9.17) is 14.2 Å². The fourth-order valence-corrected chi connectivity index (χ4v) is 3.28. The van der Waals surface area contributed by atoms with E-state index in [1.54, 1.807) is 11.2 Å². The first-order valence-electron chi connectivity index (χ1n) is 9.39. The van der Waals surface area contributed by atoms with Gasteiger partial charge in [-0.1, -0.05) is 0 Å². The molecule has 0 aliphatic carbocycles. The fourth-order valence-electron chi connectivity index (χ4n) is 3.28. The van der Waals surface area contributed by atoms with E-state index in [0.29, 0.717) is 56.6 Å². The molecule has 10 nitrogen and oxygen atoms in total. The molecule has 0 saturated carbocycles. The van der Waals surface area contributed by atoms with E-state index in [0.717, 1.165) is 19.3 Å². The Kier molecular flexibility index (Phi) is 5.35. The van der Waals surface area contributed by atoms with Crippen molar-refractivity contribution in [1.82, 2.24) is 24.4 Å². The van der Waals surface area contributed by atoms with E-state index >= 15 is 0 Å². The van der Waals surface area contributed by atoms with E-state index in [1.807, 2.05) is 11.5 Å². The van der Waals surface area contributed by atoms with Crippen LogP contribution >= 0.6 is 0 Å². The second-order valence-electron chi connectivity index (χ2n) is 6.46. The topological polar surface area (TPSA) is 104 Å². The lowest BCUT2D eigenvalue weighted by atomic mass is 10.2. The monoisotopic (exact) mass is 376 g/mol. The molecule has 10 heteroatoms. The number of ether oxygens (including phenoxy) is 3. The molecule has 2 aromatic heterocycles. The maximum Gasteiger partial charge on any atom is 0.324 e. The number of morpholine rings is 1. The molecule has 146 valence electrons. The first-order chi connectivity index (χ1) is 13.3. The zero-order valence-electron chi connectivity index (χ0n) is 15.4.